The summed E-state index contributed by atoms with van der Waals surface area (Å²) in [6.45, 7) is 17.7. The van der Waals surface area contributed by atoms with Crippen LogP contribution >= 0.6 is 7.60 Å². The number of aromatic amines is 1. The number of rotatable bonds is 19. The van der Waals surface area contributed by atoms with E-state index in [-0.39, 0.29) is 32.0 Å². The molecule has 326 valence electrons. The summed E-state index contributed by atoms with van der Waals surface area (Å²) in [7, 11) is -10.4. The number of aromatic nitrogens is 2. The van der Waals surface area contributed by atoms with Gasteiger partial charge < -0.3 is 22.8 Å². The molecule has 1 N–H and O–H groups in total. The highest BCUT2D eigenvalue weighted by Crippen LogP contribution is 2.49. The molecule has 1 heterocycles. The Morgan fingerprint density at radius 1 is 0.672 bits per heavy atom. The maximum Gasteiger partial charge on any atom is 0.349 e. The average molecular weight is 884 g/mol. The van der Waals surface area contributed by atoms with Crippen LogP contribution in [0.1, 0.15) is 61.0 Å². The van der Waals surface area contributed by atoms with Crippen LogP contribution in [0.4, 0.5) is 0 Å². The van der Waals surface area contributed by atoms with Gasteiger partial charge in [-0.25, -0.2) is 4.79 Å². The van der Waals surface area contributed by atoms with Gasteiger partial charge in [-0.1, -0.05) is 163 Å². The van der Waals surface area contributed by atoms with Crippen LogP contribution in [-0.4, -0.2) is 75.7 Å². The van der Waals surface area contributed by atoms with Gasteiger partial charge in [-0.3, -0.25) is 23.7 Å². The lowest BCUT2D eigenvalue weighted by atomic mass is 10.2. The Bertz CT molecular complexity index is 2160. The zero-order chi connectivity index (χ0) is 44.5. The summed E-state index contributed by atoms with van der Waals surface area (Å²) in [6.07, 6.45) is 0.915. The van der Waals surface area contributed by atoms with Crippen LogP contribution in [0.3, 0.4) is 0 Å². The molecular weight excluding hydrogens is 822 g/mol. The summed E-state index contributed by atoms with van der Waals surface area (Å²) in [4.78, 5) is 44.4. The van der Waals surface area contributed by atoms with Crippen LogP contribution in [0.25, 0.3) is 0 Å². The average Bonchev–Trinajstić information content (AvgIpc) is 3.22. The maximum absolute atomic E-state index is 15.1. The van der Waals surface area contributed by atoms with Crippen molar-refractivity contribution < 1.29 is 27.3 Å². The molecule has 61 heavy (non-hydrogen) atoms. The number of H-pyrrole nitrogens is 1. The number of benzene rings is 4. The van der Waals surface area contributed by atoms with Crippen molar-refractivity contribution in [3.63, 3.8) is 0 Å². The number of hydrogen-bond acceptors (Lipinski definition) is 8. The first-order valence-electron chi connectivity index (χ1n) is 20.9. The molecule has 1 amide bonds. The van der Waals surface area contributed by atoms with Crippen LogP contribution in [0.2, 0.25) is 10.1 Å². The summed E-state index contributed by atoms with van der Waals surface area (Å²) in [6, 6.07) is 40.0. The molecule has 5 rings (SSSR count). The molecule has 1 aromatic heterocycles. The molecule has 0 aliphatic carbocycles. The zero-order valence-electron chi connectivity index (χ0n) is 37.1. The van der Waals surface area contributed by atoms with Crippen molar-refractivity contribution in [2.45, 2.75) is 85.0 Å². The molecule has 0 radical (unpaired) electrons. The van der Waals surface area contributed by atoms with Crippen molar-refractivity contribution in [2.75, 3.05) is 32.7 Å². The Balaban J connectivity index is 1.76. The molecule has 0 spiro atoms. The molecule has 4 aromatic carbocycles. The van der Waals surface area contributed by atoms with Gasteiger partial charge in [0.1, 0.15) is 12.8 Å². The fourth-order valence-corrected chi connectivity index (χ4v) is 19.2. The molecule has 14 heteroatoms. The number of nitrogens with zero attached hydrogens (tertiary/aromatic N) is 2. The van der Waals surface area contributed by atoms with Gasteiger partial charge in [0.15, 0.2) is 0 Å². The van der Waals surface area contributed by atoms with E-state index in [1.807, 2.05) is 72.8 Å². The smallest absolute Gasteiger partial charge is 0.349 e. The highest BCUT2D eigenvalue weighted by molar-refractivity contribution is 7.53. The Labute approximate surface area is 362 Å². The van der Waals surface area contributed by atoms with Crippen molar-refractivity contribution in [2.24, 2.45) is 0 Å². The first-order chi connectivity index (χ1) is 28.9. The Kier molecular flexibility index (Phi) is 15.7. The van der Waals surface area contributed by atoms with Crippen molar-refractivity contribution in [3.8, 4) is 0 Å². The molecule has 5 aromatic rings. The summed E-state index contributed by atoms with van der Waals surface area (Å²) < 4.78 is 42.6. The SMILES string of the molecule is CCOP(=O)(CN(C(=O)Cn1cc(C)c(=O)[nH]c1=O)C(CO[Si](c1ccccc1)(c1ccccc1)C(C)(C)C)CO[Si](c1ccccc1)(c1ccccc1)C(C)(C)C)OCC. The van der Waals surface area contributed by atoms with Crippen molar-refractivity contribution in [1.82, 2.24) is 14.5 Å². The van der Waals surface area contributed by atoms with Gasteiger partial charge in [0, 0.05) is 11.8 Å². The van der Waals surface area contributed by atoms with Gasteiger partial charge in [-0.2, -0.15) is 0 Å². The molecule has 0 unspecified atom stereocenters. The Hall–Kier alpha value is -4.47. The highest BCUT2D eigenvalue weighted by Gasteiger charge is 2.53. The number of aryl methyl sites for hydroxylation is 1. The van der Waals surface area contributed by atoms with E-state index in [4.69, 9.17) is 17.9 Å². The number of carbonyl (C=O) groups excluding carboxylic acids is 1. The third-order valence-electron chi connectivity index (χ3n) is 11.1. The maximum atomic E-state index is 15.1. The quantitative estimate of drug-likeness (QED) is 0.0744. The van der Waals surface area contributed by atoms with E-state index >= 15 is 4.79 Å². The second-order valence-corrected chi connectivity index (χ2v) is 27.9. The zero-order valence-corrected chi connectivity index (χ0v) is 39.9. The lowest BCUT2D eigenvalue weighted by Gasteiger charge is -2.46. The summed E-state index contributed by atoms with van der Waals surface area (Å²) in [5.41, 5.74) is -1.03. The minimum absolute atomic E-state index is 0.0327. The predicted octanol–water partition coefficient (Wildman–Crippen LogP) is 6.42. The van der Waals surface area contributed by atoms with Gasteiger partial charge in [0.05, 0.1) is 32.5 Å². The summed E-state index contributed by atoms with van der Waals surface area (Å²) in [5, 5.41) is 3.34. The van der Waals surface area contributed by atoms with E-state index < -0.39 is 70.3 Å². The van der Waals surface area contributed by atoms with Gasteiger partial charge in [0.2, 0.25) is 5.91 Å². The summed E-state index contributed by atoms with van der Waals surface area (Å²) >= 11 is 0. The fraction of sp³-hybridized carbons (Fsp3) is 0.383. The first kappa shape index (κ1) is 47.6. The molecule has 11 nitrogen and oxygen atoms in total. The van der Waals surface area contributed by atoms with Crippen LogP contribution in [-0.2, 0) is 33.8 Å². The van der Waals surface area contributed by atoms with E-state index in [2.05, 4.69) is 95.1 Å². The van der Waals surface area contributed by atoms with Crippen LogP contribution < -0.4 is 32.0 Å². The van der Waals surface area contributed by atoms with Gasteiger partial charge in [-0.15, -0.1) is 0 Å². The van der Waals surface area contributed by atoms with Crippen molar-refractivity contribution in [3.05, 3.63) is 154 Å². The third-order valence-corrected chi connectivity index (χ3v) is 23.0. The fourth-order valence-electron chi connectivity index (χ4n) is 8.26. The number of nitrogens with one attached hydrogen (secondary N) is 1. The molecule has 0 atom stereocenters. The van der Waals surface area contributed by atoms with E-state index in [1.54, 1.807) is 20.8 Å². The minimum atomic E-state index is -3.97. The van der Waals surface area contributed by atoms with E-state index in [0.717, 1.165) is 25.3 Å². The summed E-state index contributed by atoms with van der Waals surface area (Å²) in [5.74, 6) is -0.560. The Morgan fingerprint density at radius 3 is 1.36 bits per heavy atom. The topological polar surface area (TPSA) is 129 Å². The normalized spacial score (nSPS) is 12.8. The molecular formula is C47H62N3O8PSi2. The van der Waals surface area contributed by atoms with Crippen molar-refractivity contribution in [1.29, 1.82) is 0 Å². The Morgan fingerprint density at radius 2 is 1.03 bits per heavy atom. The molecule has 0 saturated heterocycles. The molecule has 0 aliphatic heterocycles. The highest BCUT2D eigenvalue weighted by atomic mass is 31.2. The van der Waals surface area contributed by atoms with E-state index in [9.17, 15) is 14.2 Å². The van der Waals surface area contributed by atoms with Crippen LogP contribution in [0, 0.1) is 6.92 Å². The van der Waals surface area contributed by atoms with E-state index in [0.29, 0.717) is 0 Å². The number of carbonyl (C=O) groups is 1. The first-order valence-corrected chi connectivity index (χ1v) is 26.4. The second-order valence-electron chi connectivity index (χ2n) is 17.3. The largest absolute Gasteiger partial charge is 0.405 e. The molecule has 0 saturated carbocycles. The lowest BCUT2D eigenvalue weighted by molar-refractivity contribution is -0.135. The van der Waals surface area contributed by atoms with Crippen molar-refractivity contribution >= 4 is 50.9 Å². The number of hydrogen-bond donors (Lipinski definition) is 1. The third kappa shape index (κ3) is 10.6. The predicted molar refractivity (Wildman–Crippen MR) is 250 cm³/mol. The van der Waals surface area contributed by atoms with Crippen LogP contribution in [0.5, 0.6) is 0 Å². The lowest BCUT2D eigenvalue weighted by Crippen LogP contribution is -2.69. The van der Waals surface area contributed by atoms with Crippen LogP contribution in [0.15, 0.2) is 137 Å². The second kappa shape index (κ2) is 20.1. The minimum Gasteiger partial charge on any atom is -0.405 e. The number of amides is 1. The van der Waals surface area contributed by atoms with Gasteiger partial charge in [-0.05, 0) is 51.6 Å². The van der Waals surface area contributed by atoms with Gasteiger partial charge in [0.25, 0.3) is 22.2 Å². The van der Waals surface area contributed by atoms with E-state index in [1.165, 1.54) is 11.1 Å². The van der Waals surface area contributed by atoms with Gasteiger partial charge >= 0.3 is 13.3 Å². The monoisotopic (exact) mass is 883 g/mol. The standard InChI is InChI=1S/C47H62N3O8PSi2/c1-10-55-59(54,56-11-2)36-50(43(51)33-49-32-37(3)44(52)48-45(49)53)38(34-57-60(46(4,5)6,39-24-16-12-17-25-39)40-26-18-13-19-27-40)35-58-61(47(7,8)9,41-28-20-14-21-29-41)42-30-22-15-23-31-42/h12-32,38H,10-11,33-36H2,1-9H3,(H,48,52,53). The molecule has 0 fully saturated rings. The molecule has 0 aliphatic rings. The molecule has 0 bridgehead atoms.